The highest BCUT2D eigenvalue weighted by atomic mass is 16.6. The fourth-order valence-electron chi connectivity index (χ4n) is 7.97. The number of likely N-dealkylation sites (tertiary alicyclic amines) is 1. The van der Waals surface area contributed by atoms with Crippen molar-refractivity contribution >= 4 is 62.7 Å². The van der Waals surface area contributed by atoms with E-state index in [0.29, 0.717) is 107 Å². The van der Waals surface area contributed by atoms with Gasteiger partial charge in [0, 0.05) is 67.4 Å². The summed E-state index contributed by atoms with van der Waals surface area (Å²) in [6, 6.07) is 10.0. The van der Waals surface area contributed by atoms with Crippen molar-refractivity contribution in [3.63, 3.8) is 0 Å². The molecule has 338 valence electrons. The molecule has 6 heterocycles. The Kier molecular flexibility index (Phi) is 11.8. The summed E-state index contributed by atoms with van der Waals surface area (Å²) in [4.78, 5) is 71.8. The highest BCUT2D eigenvalue weighted by Crippen LogP contribution is 2.37. The standard InChI is InChI=1S/C45H52N14O6/c1-8-58-34(18-25(3)53-58)42(62)52-43-50-32-20-28(37(46)60)12-13-33(32)56(43)15-10-11-16-57-36-30(31-22-48-39(51-40(31)57)41-49-26(4)54-59(41)9-2)19-29(38(47)61)21-35(36)64-17-14-27-23-55(24-27)44(63)65-45(5,6)7/h10-13,18-22,27H,8-9,14-17,23-24H2,1-7H3,(H2,46,60)(H2,47,61)(H,50,52,62)/b11-10+. The maximum Gasteiger partial charge on any atom is 0.410 e. The van der Waals surface area contributed by atoms with Gasteiger partial charge in [0.25, 0.3) is 5.91 Å². The van der Waals surface area contributed by atoms with Gasteiger partial charge in [0.2, 0.25) is 17.8 Å². The average molecular weight is 885 g/mol. The van der Waals surface area contributed by atoms with Crippen LogP contribution >= 0.6 is 0 Å². The third kappa shape index (κ3) is 8.96. The number of primary amides is 2. The smallest absolute Gasteiger partial charge is 0.410 e. The number of imidazole rings is 1. The normalized spacial score (nSPS) is 13.3. The van der Waals surface area contributed by atoms with Gasteiger partial charge in [0.15, 0.2) is 11.6 Å². The predicted molar refractivity (Wildman–Crippen MR) is 242 cm³/mol. The number of aryl methyl sites for hydroxylation is 4. The lowest BCUT2D eigenvalue weighted by atomic mass is 9.97. The molecule has 65 heavy (non-hydrogen) atoms. The minimum atomic E-state index is -0.624. The monoisotopic (exact) mass is 884 g/mol. The fourth-order valence-corrected chi connectivity index (χ4v) is 7.97. The number of carbonyl (C=O) groups excluding carboxylic acids is 4. The molecule has 2 aromatic carbocycles. The van der Waals surface area contributed by atoms with Gasteiger partial charge in [-0.05, 0) is 97.2 Å². The van der Waals surface area contributed by atoms with E-state index in [1.54, 1.807) is 56.9 Å². The minimum absolute atomic E-state index is 0.202. The number of anilines is 1. The predicted octanol–water partition coefficient (Wildman–Crippen LogP) is 5.39. The maximum absolute atomic E-state index is 13.6. The molecule has 8 rings (SSSR count). The number of allylic oxidation sites excluding steroid dienone is 2. The van der Waals surface area contributed by atoms with E-state index in [1.165, 1.54) is 0 Å². The van der Waals surface area contributed by atoms with Crippen LogP contribution < -0.4 is 21.5 Å². The molecule has 5 N–H and O–H groups in total. The second kappa shape index (κ2) is 17.5. The summed E-state index contributed by atoms with van der Waals surface area (Å²) in [6.45, 7) is 16.0. The number of aromatic nitrogens is 10. The highest BCUT2D eigenvalue weighted by molar-refractivity contribution is 6.12. The second-order valence-corrected chi connectivity index (χ2v) is 17.0. The van der Waals surface area contributed by atoms with Crippen LogP contribution in [0.3, 0.4) is 0 Å². The fraction of sp³-hybridized carbons (Fsp3) is 0.378. The van der Waals surface area contributed by atoms with Gasteiger partial charge < -0.3 is 35.0 Å². The first kappa shape index (κ1) is 44.0. The van der Waals surface area contributed by atoms with E-state index in [0.717, 1.165) is 0 Å². The molecule has 20 heteroatoms. The SMILES string of the molecule is CCn1nc(C)cc1C(=O)Nc1nc2cc(C(N)=O)ccc2n1C/C=C/Cn1c2nc(-c3nc(C)nn3CC)ncc2c2cc(C(N)=O)cc(OCCC3CN(C(=O)OC(C)(C)C)C3)c21. The van der Waals surface area contributed by atoms with Gasteiger partial charge in [-0.1, -0.05) is 12.2 Å². The van der Waals surface area contributed by atoms with Gasteiger partial charge in [-0.15, -0.1) is 0 Å². The Morgan fingerprint density at radius 1 is 0.862 bits per heavy atom. The van der Waals surface area contributed by atoms with E-state index in [2.05, 4.69) is 20.5 Å². The van der Waals surface area contributed by atoms with E-state index < -0.39 is 23.3 Å². The molecule has 1 aliphatic heterocycles. The number of amides is 4. The summed E-state index contributed by atoms with van der Waals surface area (Å²) in [7, 11) is 0. The zero-order valence-electron chi connectivity index (χ0n) is 37.5. The maximum atomic E-state index is 13.6. The molecule has 0 spiro atoms. The number of carbonyl (C=O) groups is 4. The number of ether oxygens (including phenoxy) is 2. The summed E-state index contributed by atoms with van der Waals surface area (Å²) >= 11 is 0. The number of nitrogens with one attached hydrogen (secondary N) is 1. The molecule has 0 aliphatic carbocycles. The quantitative estimate of drug-likeness (QED) is 0.110. The Morgan fingerprint density at radius 3 is 2.28 bits per heavy atom. The van der Waals surface area contributed by atoms with Crippen LogP contribution in [0.4, 0.5) is 10.7 Å². The second-order valence-electron chi connectivity index (χ2n) is 17.0. The van der Waals surface area contributed by atoms with Crippen LogP contribution in [0.1, 0.15) is 83.8 Å². The van der Waals surface area contributed by atoms with Crippen molar-refractivity contribution in [2.24, 2.45) is 17.4 Å². The Labute approximate surface area is 373 Å². The van der Waals surface area contributed by atoms with Gasteiger partial charge >= 0.3 is 6.09 Å². The Morgan fingerprint density at radius 2 is 1.58 bits per heavy atom. The zero-order chi connectivity index (χ0) is 46.3. The van der Waals surface area contributed by atoms with Crippen LogP contribution in [0.15, 0.2) is 54.7 Å². The Hall–Kier alpha value is -7.64. The summed E-state index contributed by atoms with van der Waals surface area (Å²) in [6.07, 6.45) is 5.90. The van der Waals surface area contributed by atoms with Crippen LogP contribution in [-0.2, 0) is 30.9 Å². The molecular weight excluding hydrogens is 833 g/mol. The summed E-state index contributed by atoms with van der Waals surface area (Å²) in [5.41, 5.74) is 14.9. The summed E-state index contributed by atoms with van der Waals surface area (Å²) in [5, 5.41) is 13.2. The van der Waals surface area contributed by atoms with Crippen molar-refractivity contribution < 1.29 is 28.7 Å². The first-order valence-corrected chi connectivity index (χ1v) is 21.5. The summed E-state index contributed by atoms with van der Waals surface area (Å²) < 4.78 is 19.2. The van der Waals surface area contributed by atoms with Crippen molar-refractivity contribution in [2.75, 3.05) is 25.0 Å². The van der Waals surface area contributed by atoms with E-state index in [1.807, 2.05) is 69.8 Å². The minimum Gasteiger partial charge on any atom is -0.491 e. The van der Waals surface area contributed by atoms with Crippen LogP contribution in [0, 0.1) is 19.8 Å². The number of hydrogen-bond donors (Lipinski definition) is 3. The van der Waals surface area contributed by atoms with Crippen LogP contribution in [-0.4, -0.2) is 103 Å². The molecule has 1 saturated heterocycles. The number of benzene rings is 2. The van der Waals surface area contributed by atoms with Crippen molar-refractivity contribution in [1.29, 1.82) is 0 Å². The van der Waals surface area contributed by atoms with E-state index in [4.69, 9.17) is 35.9 Å². The lowest BCUT2D eigenvalue weighted by Crippen LogP contribution is -2.51. The van der Waals surface area contributed by atoms with Gasteiger partial charge in [-0.2, -0.15) is 10.2 Å². The summed E-state index contributed by atoms with van der Waals surface area (Å²) in [5.74, 6) is 0.730. The molecule has 1 aliphatic rings. The molecule has 0 unspecified atom stereocenters. The van der Waals surface area contributed by atoms with E-state index in [9.17, 15) is 19.2 Å². The number of nitrogens with zero attached hydrogens (tertiary/aromatic N) is 11. The Balaban J connectivity index is 1.15. The molecule has 4 amide bonds. The van der Waals surface area contributed by atoms with E-state index in [-0.39, 0.29) is 42.2 Å². The number of fused-ring (bicyclic) bond motifs is 4. The van der Waals surface area contributed by atoms with Crippen molar-refractivity contribution in [3.05, 3.63) is 83.1 Å². The molecule has 0 radical (unpaired) electrons. The van der Waals surface area contributed by atoms with Crippen molar-refractivity contribution in [3.8, 4) is 17.4 Å². The topological polar surface area (TPSA) is 251 Å². The third-order valence-corrected chi connectivity index (χ3v) is 11.0. The number of nitrogens with two attached hydrogens (primary N) is 2. The molecular formula is C45H52N14O6. The molecule has 20 nitrogen and oxygen atoms in total. The first-order chi connectivity index (χ1) is 31.0. The molecule has 0 saturated carbocycles. The molecule has 1 fully saturated rings. The van der Waals surface area contributed by atoms with Crippen LogP contribution in [0.25, 0.3) is 44.6 Å². The zero-order valence-corrected chi connectivity index (χ0v) is 37.5. The van der Waals surface area contributed by atoms with Crippen LogP contribution in [0.2, 0.25) is 0 Å². The van der Waals surface area contributed by atoms with Crippen LogP contribution in [0.5, 0.6) is 5.75 Å². The first-order valence-electron chi connectivity index (χ1n) is 21.5. The van der Waals surface area contributed by atoms with Gasteiger partial charge in [-0.3, -0.25) is 24.4 Å². The highest BCUT2D eigenvalue weighted by Gasteiger charge is 2.33. The van der Waals surface area contributed by atoms with Gasteiger partial charge in [-0.25, -0.2) is 29.4 Å². The van der Waals surface area contributed by atoms with Crippen molar-refractivity contribution in [2.45, 2.75) is 86.7 Å². The lowest BCUT2D eigenvalue weighted by molar-refractivity contribution is -0.00383. The largest absolute Gasteiger partial charge is 0.491 e. The average Bonchev–Trinajstić information content (AvgIpc) is 4.00. The molecule has 0 atom stereocenters. The Bertz CT molecular complexity index is 3030. The lowest BCUT2D eigenvalue weighted by Gasteiger charge is -2.39. The van der Waals surface area contributed by atoms with Crippen molar-refractivity contribution in [1.82, 2.24) is 53.5 Å². The number of hydrogen-bond acceptors (Lipinski definition) is 12. The molecule has 5 aromatic heterocycles. The third-order valence-electron chi connectivity index (χ3n) is 11.0. The van der Waals surface area contributed by atoms with Gasteiger partial charge in [0.1, 0.15) is 28.5 Å². The molecule has 7 aromatic rings. The van der Waals surface area contributed by atoms with E-state index >= 15 is 0 Å². The van der Waals surface area contributed by atoms with Gasteiger partial charge in [0.05, 0.1) is 28.9 Å². The number of rotatable bonds is 15. The molecule has 0 bridgehead atoms.